The number of carbonyl (C=O) groups is 1. The van der Waals surface area contributed by atoms with Crippen LogP contribution in [0.15, 0.2) is 41.8 Å². The molecule has 2 rings (SSSR count). The summed E-state index contributed by atoms with van der Waals surface area (Å²) in [5.74, 6) is -0.149. The lowest BCUT2D eigenvalue weighted by atomic mass is 10.1. The van der Waals surface area contributed by atoms with E-state index in [9.17, 15) is 9.90 Å². The van der Waals surface area contributed by atoms with Gasteiger partial charge in [-0.25, -0.2) is 0 Å². The van der Waals surface area contributed by atoms with E-state index in [0.29, 0.717) is 4.88 Å². The normalized spacial score (nSPS) is 11.9. The molecule has 0 saturated carbocycles. The van der Waals surface area contributed by atoms with Gasteiger partial charge in [0.05, 0.1) is 11.0 Å². The lowest BCUT2D eigenvalue weighted by Gasteiger charge is -2.15. The molecule has 5 heteroatoms. The molecule has 1 heterocycles. The average molecular weight is 290 g/mol. The van der Waals surface area contributed by atoms with Crippen LogP contribution in [0, 0.1) is 0 Å². The Labute approximate surface area is 122 Å². The number of benzene rings is 1. The molecule has 0 aliphatic carbocycles. The summed E-state index contributed by atoms with van der Waals surface area (Å²) < 4.78 is 0. The minimum Gasteiger partial charge on any atom is -0.387 e. The molecule has 2 N–H and O–H groups in total. The largest absolute Gasteiger partial charge is 0.387 e. The molecule has 1 atom stereocenters. The van der Waals surface area contributed by atoms with Crippen LogP contribution in [0.2, 0.25) is 0 Å². The highest BCUT2D eigenvalue weighted by Crippen LogP contribution is 2.17. The van der Waals surface area contributed by atoms with Gasteiger partial charge in [0.1, 0.15) is 0 Å². The molecule has 0 saturated heterocycles. The maximum Gasteiger partial charge on any atom is 0.261 e. The van der Waals surface area contributed by atoms with Crippen LogP contribution in [0.25, 0.3) is 0 Å². The quantitative estimate of drug-likeness (QED) is 0.888. The number of carbonyl (C=O) groups excluding carboxylic acids is 1. The van der Waals surface area contributed by atoms with Crippen molar-refractivity contribution in [1.29, 1.82) is 0 Å². The highest BCUT2D eigenvalue weighted by Gasteiger charge is 2.11. The predicted octanol–water partition coefficient (Wildman–Crippen LogP) is 2.28. The van der Waals surface area contributed by atoms with Crippen molar-refractivity contribution in [1.82, 2.24) is 5.32 Å². The fourth-order valence-electron chi connectivity index (χ4n) is 1.80. The van der Waals surface area contributed by atoms with Gasteiger partial charge in [-0.1, -0.05) is 18.2 Å². The van der Waals surface area contributed by atoms with Gasteiger partial charge in [0.2, 0.25) is 0 Å². The van der Waals surface area contributed by atoms with Gasteiger partial charge in [0, 0.05) is 26.3 Å². The van der Waals surface area contributed by atoms with Gasteiger partial charge >= 0.3 is 0 Å². The van der Waals surface area contributed by atoms with Crippen molar-refractivity contribution >= 4 is 22.9 Å². The molecule has 106 valence electrons. The maximum absolute atomic E-state index is 11.8. The van der Waals surface area contributed by atoms with Crippen molar-refractivity contribution in [2.75, 3.05) is 25.5 Å². The first-order chi connectivity index (χ1) is 9.58. The Morgan fingerprint density at radius 2 is 2.00 bits per heavy atom. The number of amides is 1. The summed E-state index contributed by atoms with van der Waals surface area (Å²) in [5, 5.41) is 14.7. The summed E-state index contributed by atoms with van der Waals surface area (Å²) in [4.78, 5) is 14.4. The van der Waals surface area contributed by atoms with E-state index in [1.54, 1.807) is 6.07 Å². The monoisotopic (exact) mass is 290 g/mol. The molecule has 0 aliphatic heterocycles. The lowest BCUT2D eigenvalue weighted by Crippen LogP contribution is -2.27. The van der Waals surface area contributed by atoms with Gasteiger partial charge in [-0.15, -0.1) is 11.3 Å². The number of aliphatic hydroxyl groups excluding tert-OH is 1. The number of hydrogen-bond donors (Lipinski definition) is 2. The number of thiophene rings is 1. The lowest BCUT2D eigenvalue weighted by molar-refractivity contribution is 0.0920. The first-order valence-electron chi connectivity index (χ1n) is 6.35. The topological polar surface area (TPSA) is 52.6 Å². The standard InChI is InChI=1S/C15H18N2O2S/c1-17(2)12-7-5-11(6-8-12)13(18)10-16-15(19)14-4-3-9-20-14/h3-9,13,18H,10H2,1-2H3,(H,16,19)/t13-/m0/s1. The third-order valence-corrected chi connectivity index (χ3v) is 3.86. The highest BCUT2D eigenvalue weighted by molar-refractivity contribution is 7.12. The van der Waals surface area contributed by atoms with Crippen LogP contribution in [-0.2, 0) is 0 Å². The fourth-order valence-corrected chi connectivity index (χ4v) is 2.44. The van der Waals surface area contributed by atoms with Crippen molar-refractivity contribution in [3.63, 3.8) is 0 Å². The van der Waals surface area contributed by atoms with E-state index in [1.807, 2.05) is 54.7 Å². The molecule has 0 spiro atoms. The SMILES string of the molecule is CN(C)c1ccc([C@@H](O)CNC(=O)c2cccs2)cc1. The second kappa shape index (κ2) is 6.54. The summed E-state index contributed by atoms with van der Waals surface area (Å²) in [5.41, 5.74) is 1.87. The fraction of sp³-hybridized carbons (Fsp3) is 0.267. The van der Waals surface area contributed by atoms with Gasteiger partial charge in [-0.2, -0.15) is 0 Å². The Kier molecular flexibility index (Phi) is 4.76. The van der Waals surface area contributed by atoms with E-state index >= 15 is 0 Å². The second-order valence-electron chi connectivity index (χ2n) is 4.69. The minimum absolute atomic E-state index is 0.149. The molecule has 4 nitrogen and oxygen atoms in total. The van der Waals surface area contributed by atoms with Gasteiger partial charge in [-0.3, -0.25) is 4.79 Å². The van der Waals surface area contributed by atoms with Crippen LogP contribution < -0.4 is 10.2 Å². The summed E-state index contributed by atoms with van der Waals surface area (Å²) >= 11 is 1.38. The number of nitrogens with one attached hydrogen (secondary N) is 1. The first kappa shape index (κ1) is 14.6. The molecule has 1 aromatic heterocycles. The minimum atomic E-state index is -0.699. The zero-order chi connectivity index (χ0) is 14.5. The van der Waals surface area contributed by atoms with Crippen molar-refractivity contribution < 1.29 is 9.90 Å². The van der Waals surface area contributed by atoms with E-state index in [-0.39, 0.29) is 12.5 Å². The number of aliphatic hydroxyl groups is 1. The van der Waals surface area contributed by atoms with Crippen molar-refractivity contribution in [2.45, 2.75) is 6.10 Å². The van der Waals surface area contributed by atoms with Crippen LogP contribution in [-0.4, -0.2) is 31.7 Å². The number of hydrogen-bond acceptors (Lipinski definition) is 4. The maximum atomic E-state index is 11.8. The van der Waals surface area contributed by atoms with E-state index in [2.05, 4.69) is 5.32 Å². The highest BCUT2D eigenvalue weighted by atomic mass is 32.1. The van der Waals surface area contributed by atoms with Crippen LogP contribution in [0.3, 0.4) is 0 Å². The van der Waals surface area contributed by atoms with Crippen molar-refractivity contribution in [3.8, 4) is 0 Å². The Hall–Kier alpha value is -1.85. The van der Waals surface area contributed by atoms with Crippen LogP contribution in [0.4, 0.5) is 5.69 Å². The Morgan fingerprint density at radius 1 is 1.30 bits per heavy atom. The number of rotatable bonds is 5. The smallest absolute Gasteiger partial charge is 0.261 e. The third kappa shape index (κ3) is 3.59. The van der Waals surface area contributed by atoms with Crippen molar-refractivity contribution in [3.05, 3.63) is 52.2 Å². The summed E-state index contributed by atoms with van der Waals surface area (Å²) in [6.07, 6.45) is -0.699. The van der Waals surface area contributed by atoms with Crippen LogP contribution >= 0.6 is 11.3 Å². The number of nitrogens with zero attached hydrogens (tertiary/aromatic N) is 1. The molecule has 1 aromatic carbocycles. The summed E-state index contributed by atoms with van der Waals surface area (Å²) in [6.45, 7) is 0.206. The molecular weight excluding hydrogens is 272 g/mol. The Morgan fingerprint density at radius 3 is 2.55 bits per heavy atom. The zero-order valence-electron chi connectivity index (χ0n) is 11.5. The molecule has 2 aromatic rings. The third-order valence-electron chi connectivity index (χ3n) is 3.00. The molecular formula is C15H18N2O2S. The van der Waals surface area contributed by atoms with E-state index in [4.69, 9.17) is 0 Å². The molecule has 0 bridgehead atoms. The van der Waals surface area contributed by atoms with Crippen molar-refractivity contribution in [2.24, 2.45) is 0 Å². The molecule has 0 unspecified atom stereocenters. The van der Waals surface area contributed by atoms with E-state index in [1.165, 1.54) is 11.3 Å². The molecule has 1 amide bonds. The summed E-state index contributed by atoms with van der Waals surface area (Å²) in [6, 6.07) is 11.2. The van der Waals surface area contributed by atoms with Gasteiger partial charge < -0.3 is 15.3 Å². The molecule has 0 radical (unpaired) electrons. The molecule has 0 fully saturated rings. The van der Waals surface area contributed by atoms with Crippen LogP contribution in [0.5, 0.6) is 0 Å². The Balaban J connectivity index is 1.91. The van der Waals surface area contributed by atoms with Gasteiger partial charge in [0.25, 0.3) is 5.91 Å². The second-order valence-corrected chi connectivity index (χ2v) is 5.64. The Bertz CT molecular complexity index is 550. The van der Waals surface area contributed by atoms with Gasteiger partial charge in [-0.05, 0) is 29.1 Å². The first-order valence-corrected chi connectivity index (χ1v) is 7.23. The predicted molar refractivity (Wildman–Crippen MR) is 82.4 cm³/mol. The summed E-state index contributed by atoms with van der Waals surface area (Å²) in [7, 11) is 3.93. The van der Waals surface area contributed by atoms with E-state index in [0.717, 1.165) is 11.3 Å². The van der Waals surface area contributed by atoms with Gasteiger partial charge in [0.15, 0.2) is 0 Å². The molecule has 20 heavy (non-hydrogen) atoms. The zero-order valence-corrected chi connectivity index (χ0v) is 12.4. The van der Waals surface area contributed by atoms with Crippen LogP contribution in [0.1, 0.15) is 21.3 Å². The van der Waals surface area contributed by atoms with E-state index < -0.39 is 6.10 Å². The number of anilines is 1. The average Bonchev–Trinajstić information content (AvgIpc) is 2.98. The molecule has 0 aliphatic rings.